The molecule has 1 atom stereocenters. The molecule has 1 N–H and O–H groups in total. The average Bonchev–Trinajstić information content (AvgIpc) is 2.58. The lowest BCUT2D eigenvalue weighted by Gasteiger charge is -2.06. The van der Waals surface area contributed by atoms with Crippen LogP contribution in [0.25, 0.3) is 0 Å². The van der Waals surface area contributed by atoms with E-state index in [1.165, 1.54) is 5.56 Å². The van der Waals surface area contributed by atoms with Crippen LogP contribution in [-0.2, 0) is 4.74 Å². The highest BCUT2D eigenvalue weighted by molar-refractivity contribution is 5.18. The summed E-state index contributed by atoms with van der Waals surface area (Å²) in [5.41, 5.74) is 1.23. The lowest BCUT2D eigenvalue weighted by Crippen LogP contribution is -2.05. The molecule has 2 heteroatoms. The van der Waals surface area contributed by atoms with Crippen LogP contribution in [0.2, 0.25) is 0 Å². The van der Waals surface area contributed by atoms with Crippen LogP contribution in [0.4, 0.5) is 0 Å². The SMILES string of the molecule is [CH]1NCC(c2ccccc2)O1. The standard InChI is InChI=1S/C9H10NO/c1-2-4-8(5-3-1)9-6-10-7-11-9/h1-5,7,9-10H,6H2. The van der Waals surface area contributed by atoms with Gasteiger partial charge in [0.25, 0.3) is 0 Å². The van der Waals surface area contributed by atoms with Crippen molar-refractivity contribution in [3.05, 3.63) is 42.6 Å². The van der Waals surface area contributed by atoms with E-state index in [4.69, 9.17) is 4.74 Å². The van der Waals surface area contributed by atoms with Gasteiger partial charge in [0.2, 0.25) is 0 Å². The van der Waals surface area contributed by atoms with Crippen LogP contribution in [0.15, 0.2) is 30.3 Å². The van der Waals surface area contributed by atoms with E-state index in [9.17, 15) is 0 Å². The predicted octanol–water partition coefficient (Wildman–Crippen LogP) is 1.47. The van der Waals surface area contributed by atoms with Crippen LogP contribution in [0.3, 0.4) is 0 Å². The van der Waals surface area contributed by atoms with Crippen molar-refractivity contribution < 1.29 is 4.74 Å². The van der Waals surface area contributed by atoms with Gasteiger partial charge in [0.15, 0.2) is 0 Å². The maximum absolute atomic E-state index is 5.30. The summed E-state index contributed by atoms with van der Waals surface area (Å²) in [6, 6.07) is 10.2. The highest BCUT2D eigenvalue weighted by Crippen LogP contribution is 2.19. The van der Waals surface area contributed by atoms with Gasteiger partial charge in [0, 0.05) is 6.54 Å². The molecule has 1 heterocycles. The molecular formula is C9H10NO. The number of ether oxygens (including phenoxy) is 1. The zero-order chi connectivity index (χ0) is 7.52. The first-order valence-corrected chi connectivity index (χ1v) is 3.72. The molecule has 1 fully saturated rings. The first-order chi connectivity index (χ1) is 5.47. The van der Waals surface area contributed by atoms with Crippen LogP contribution in [0.1, 0.15) is 11.7 Å². The summed E-state index contributed by atoms with van der Waals surface area (Å²) in [5, 5.41) is 3.02. The van der Waals surface area contributed by atoms with Gasteiger partial charge in [-0.3, -0.25) is 5.32 Å². The molecule has 1 aromatic rings. The van der Waals surface area contributed by atoms with Gasteiger partial charge >= 0.3 is 0 Å². The Balaban J connectivity index is 2.16. The third-order valence-corrected chi connectivity index (χ3v) is 1.79. The summed E-state index contributed by atoms with van der Waals surface area (Å²) in [4.78, 5) is 0. The fourth-order valence-electron chi connectivity index (χ4n) is 1.20. The van der Waals surface area contributed by atoms with Gasteiger partial charge in [-0.25, -0.2) is 0 Å². The molecule has 1 aliphatic heterocycles. The van der Waals surface area contributed by atoms with Crippen LogP contribution in [0.5, 0.6) is 0 Å². The van der Waals surface area contributed by atoms with Crippen molar-refractivity contribution >= 4 is 0 Å². The summed E-state index contributed by atoms with van der Waals surface area (Å²) in [6.07, 6.45) is 0.205. The molecule has 0 amide bonds. The average molecular weight is 148 g/mol. The third kappa shape index (κ3) is 1.42. The van der Waals surface area contributed by atoms with E-state index in [-0.39, 0.29) is 6.10 Å². The molecule has 2 rings (SSSR count). The molecule has 1 aromatic carbocycles. The second-order valence-electron chi connectivity index (χ2n) is 2.56. The lowest BCUT2D eigenvalue weighted by molar-refractivity contribution is 0.162. The molecule has 2 nitrogen and oxygen atoms in total. The number of nitrogens with one attached hydrogen (secondary N) is 1. The number of rotatable bonds is 1. The normalized spacial score (nSPS) is 23.8. The van der Waals surface area contributed by atoms with Gasteiger partial charge in [-0.1, -0.05) is 30.3 Å². The molecule has 0 spiro atoms. The topological polar surface area (TPSA) is 21.3 Å². The Morgan fingerprint density at radius 3 is 2.73 bits per heavy atom. The second kappa shape index (κ2) is 3.03. The first kappa shape index (κ1) is 6.83. The Hall–Kier alpha value is -0.860. The number of hydrogen-bond acceptors (Lipinski definition) is 2. The Labute approximate surface area is 66.2 Å². The van der Waals surface area contributed by atoms with E-state index in [2.05, 4.69) is 17.4 Å². The monoisotopic (exact) mass is 148 g/mol. The predicted molar refractivity (Wildman–Crippen MR) is 42.6 cm³/mol. The van der Waals surface area contributed by atoms with Crippen LogP contribution in [0, 0.1) is 6.73 Å². The first-order valence-electron chi connectivity index (χ1n) is 3.72. The van der Waals surface area contributed by atoms with Gasteiger partial charge in [-0.05, 0) is 5.56 Å². The van der Waals surface area contributed by atoms with E-state index in [0.29, 0.717) is 0 Å². The molecule has 57 valence electrons. The van der Waals surface area contributed by atoms with Crippen LogP contribution >= 0.6 is 0 Å². The Morgan fingerprint density at radius 1 is 1.27 bits per heavy atom. The van der Waals surface area contributed by atoms with Gasteiger partial charge in [-0.2, -0.15) is 0 Å². The minimum absolute atomic E-state index is 0.205. The summed E-state index contributed by atoms with van der Waals surface area (Å²) in [6.45, 7) is 2.53. The van der Waals surface area contributed by atoms with Crippen molar-refractivity contribution in [1.29, 1.82) is 0 Å². The van der Waals surface area contributed by atoms with E-state index >= 15 is 0 Å². The molecule has 1 radical (unpaired) electrons. The molecule has 0 bridgehead atoms. The summed E-state index contributed by atoms with van der Waals surface area (Å²) < 4.78 is 5.30. The minimum Gasteiger partial charge on any atom is -0.350 e. The maximum atomic E-state index is 5.30. The summed E-state index contributed by atoms with van der Waals surface area (Å²) >= 11 is 0. The van der Waals surface area contributed by atoms with Crippen molar-refractivity contribution in [1.82, 2.24) is 5.32 Å². The smallest absolute Gasteiger partial charge is 0.149 e. The quantitative estimate of drug-likeness (QED) is 0.651. The highest BCUT2D eigenvalue weighted by atomic mass is 16.5. The highest BCUT2D eigenvalue weighted by Gasteiger charge is 2.16. The Morgan fingerprint density at radius 2 is 2.09 bits per heavy atom. The van der Waals surface area contributed by atoms with E-state index in [1.807, 2.05) is 18.2 Å². The van der Waals surface area contributed by atoms with Crippen molar-refractivity contribution in [2.24, 2.45) is 0 Å². The zero-order valence-corrected chi connectivity index (χ0v) is 6.16. The third-order valence-electron chi connectivity index (χ3n) is 1.79. The minimum atomic E-state index is 0.205. The fraction of sp³-hybridized carbons (Fsp3) is 0.222. The van der Waals surface area contributed by atoms with Gasteiger partial charge < -0.3 is 4.74 Å². The molecule has 0 saturated carbocycles. The van der Waals surface area contributed by atoms with Crippen molar-refractivity contribution in [2.45, 2.75) is 6.10 Å². The van der Waals surface area contributed by atoms with Crippen LogP contribution < -0.4 is 5.32 Å². The molecule has 1 unspecified atom stereocenters. The molecule has 0 aromatic heterocycles. The van der Waals surface area contributed by atoms with E-state index in [0.717, 1.165) is 6.54 Å². The van der Waals surface area contributed by atoms with Crippen molar-refractivity contribution in [2.75, 3.05) is 6.54 Å². The maximum Gasteiger partial charge on any atom is 0.149 e. The van der Waals surface area contributed by atoms with Gasteiger partial charge in [-0.15, -0.1) is 0 Å². The van der Waals surface area contributed by atoms with Gasteiger partial charge in [0.05, 0.1) is 6.10 Å². The second-order valence-corrected chi connectivity index (χ2v) is 2.56. The number of hydrogen-bond donors (Lipinski definition) is 1. The fourth-order valence-corrected chi connectivity index (χ4v) is 1.20. The molecular weight excluding hydrogens is 138 g/mol. The van der Waals surface area contributed by atoms with Gasteiger partial charge in [0.1, 0.15) is 6.73 Å². The van der Waals surface area contributed by atoms with Crippen LogP contribution in [-0.4, -0.2) is 6.54 Å². The zero-order valence-electron chi connectivity index (χ0n) is 6.16. The van der Waals surface area contributed by atoms with E-state index in [1.54, 1.807) is 6.73 Å². The Kier molecular flexibility index (Phi) is 1.88. The van der Waals surface area contributed by atoms with E-state index < -0.39 is 0 Å². The summed E-state index contributed by atoms with van der Waals surface area (Å²) in [5.74, 6) is 0. The Bertz CT molecular complexity index is 216. The molecule has 0 aliphatic carbocycles. The lowest BCUT2D eigenvalue weighted by atomic mass is 10.1. The summed E-state index contributed by atoms with van der Waals surface area (Å²) in [7, 11) is 0. The largest absolute Gasteiger partial charge is 0.350 e. The molecule has 1 aliphatic rings. The van der Waals surface area contributed by atoms with Crippen molar-refractivity contribution in [3.63, 3.8) is 0 Å². The number of benzene rings is 1. The van der Waals surface area contributed by atoms with Crippen molar-refractivity contribution in [3.8, 4) is 0 Å². The molecule has 11 heavy (non-hydrogen) atoms. The molecule has 1 saturated heterocycles.